The normalized spacial score (nSPS) is 15.8. The van der Waals surface area contributed by atoms with E-state index >= 15 is 0 Å². The Bertz CT molecular complexity index is 915. The van der Waals surface area contributed by atoms with Gasteiger partial charge in [-0.3, -0.25) is 9.30 Å². The fraction of sp³-hybridized carbons (Fsp3) is 0.500. The summed E-state index contributed by atoms with van der Waals surface area (Å²) < 4.78 is 12.9. The van der Waals surface area contributed by atoms with Crippen molar-refractivity contribution < 1.29 is 9.47 Å². The van der Waals surface area contributed by atoms with Gasteiger partial charge in [0.2, 0.25) is 0 Å². The third-order valence-electron chi connectivity index (χ3n) is 4.89. The summed E-state index contributed by atoms with van der Waals surface area (Å²) in [4.78, 5) is 7.19. The lowest BCUT2D eigenvalue weighted by Crippen LogP contribution is -2.30. The van der Waals surface area contributed by atoms with Crippen molar-refractivity contribution in [2.45, 2.75) is 32.7 Å². The highest BCUT2D eigenvalue weighted by molar-refractivity contribution is 5.93. The van der Waals surface area contributed by atoms with Gasteiger partial charge in [0.15, 0.2) is 23.0 Å². The summed E-state index contributed by atoms with van der Waals surface area (Å²) in [5, 5.41) is 9.83. The number of fused-ring (bicyclic) bond motifs is 3. The maximum atomic E-state index is 5.43. The Hall–Kier alpha value is -2.41. The van der Waals surface area contributed by atoms with Gasteiger partial charge in [0.1, 0.15) is 5.82 Å². The molecule has 0 amide bonds. The summed E-state index contributed by atoms with van der Waals surface area (Å²) in [6.45, 7) is 5.05. The van der Waals surface area contributed by atoms with Crippen LogP contribution in [0.5, 0.6) is 11.5 Å². The first-order valence-corrected chi connectivity index (χ1v) is 8.70. The number of nitrogens with zero attached hydrogens (tertiary/aromatic N) is 5. The van der Waals surface area contributed by atoms with Gasteiger partial charge in [-0.05, 0) is 38.9 Å². The van der Waals surface area contributed by atoms with Crippen molar-refractivity contribution in [3.8, 4) is 11.5 Å². The first-order valence-electron chi connectivity index (χ1n) is 8.70. The molecule has 4 rings (SSSR count). The van der Waals surface area contributed by atoms with Crippen molar-refractivity contribution in [3.63, 3.8) is 0 Å². The highest BCUT2D eigenvalue weighted by Crippen LogP contribution is 2.33. The zero-order chi connectivity index (χ0) is 17.4. The molecule has 0 unspecified atom stereocenters. The highest BCUT2D eigenvalue weighted by atomic mass is 16.5. The second kappa shape index (κ2) is 6.48. The lowest BCUT2D eigenvalue weighted by molar-refractivity contribution is 0.215. The lowest BCUT2D eigenvalue weighted by atomic mass is 10.1. The molecule has 2 aromatic heterocycles. The molecule has 0 N–H and O–H groups in total. The highest BCUT2D eigenvalue weighted by Gasteiger charge is 2.18. The van der Waals surface area contributed by atoms with E-state index in [2.05, 4.69) is 19.5 Å². The van der Waals surface area contributed by atoms with Crippen molar-refractivity contribution in [3.05, 3.63) is 23.8 Å². The van der Waals surface area contributed by atoms with Crippen LogP contribution in [0.25, 0.3) is 16.6 Å². The van der Waals surface area contributed by atoms with Crippen molar-refractivity contribution in [1.82, 2.24) is 24.5 Å². The van der Waals surface area contributed by atoms with Gasteiger partial charge in [0.25, 0.3) is 0 Å². The first kappa shape index (κ1) is 16.1. The maximum absolute atomic E-state index is 5.43. The van der Waals surface area contributed by atoms with Crippen LogP contribution in [0.2, 0.25) is 0 Å². The van der Waals surface area contributed by atoms with Gasteiger partial charge in [-0.25, -0.2) is 4.98 Å². The second-order valence-corrected chi connectivity index (χ2v) is 6.50. The van der Waals surface area contributed by atoms with E-state index in [9.17, 15) is 0 Å². The van der Waals surface area contributed by atoms with E-state index in [0.717, 1.165) is 47.8 Å². The van der Waals surface area contributed by atoms with Gasteiger partial charge >= 0.3 is 0 Å². The summed E-state index contributed by atoms with van der Waals surface area (Å²) in [5.41, 5.74) is 1.65. The molecule has 0 aliphatic carbocycles. The fourth-order valence-electron chi connectivity index (χ4n) is 3.62. The average Bonchev–Trinajstić information content (AvgIpc) is 3.06. The molecule has 0 spiro atoms. The third-order valence-corrected chi connectivity index (χ3v) is 4.89. The molecule has 1 saturated heterocycles. The molecule has 0 atom stereocenters. The first-order chi connectivity index (χ1) is 12.2. The van der Waals surface area contributed by atoms with Crippen LogP contribution in [0.4, 0.5) is 0 Å². The van der Waals surface area contributed by atoms with Gasteiger partial charge in [0.05, 0.1) is 26.3 Å². The number of hydrogen-bond acceptors (Lipinski definition) is 6. The summed E-state index contributed by atoms with van der Waals surface area (Å²) in [6.07, 6.45) is 3.84. The van der Waals surface area contributed by atoms with Crippen LogP contribution < -0.4 is 9.47 Å². The molecule has 25 heavy (non-hydrogen) atoms. The second-order valence-electron chi connectivity index (χ2n) is 6.50. The Kier molecular flexibility index (Phi) is 4.17. The van der Waals surface area contributed by atoms with Crippen LogP contribution in [0, 0.1) is 6.92 Å². The molecule has 1 aromatic carbocycles. The van der Waals surface area contributed by atoms with Crippen LogP contribution in [0.1, 0.15) is 30.9 Å². The summed E-state index contributed by atoms with van der Waals surface area (Å²) in [6, 6.07) is 3.81. The van der Waals surface area contributed by atoms with Crippen LogP contribution in [0.3, 0.4) is 0 Å². The van der Waals surface area contributed by atoms with Gasteiger partial charge in [-0.2, -0.15) is 0 Å². The van der Waals surface area contributed by atoms with Crippen molar-refractivity contribution in [2.75, 3.05) is 27.3 Å². The monoisotopic (exact) mass is 341 g/mol. The zero-order valence-electron chi connectivity index (χ0n) is 14.9. The van der Waals surface area contributed by atoms with Crippen LogP contribution >= 0.6 is 0 Å². The fourth-order valence-corrected chi connectivity index (χ4v) is 3.62. The van der Waals surface area contributed by atoms with E-state index in [-0.39, 0.29) is 0 Å². The predicted octanol–water partition coefficient (Wildman–Crippen LogP) is 2.59. The molecular formula is C18H23N5O2. The van der Waals surface area contributed by atoms with Crippen molar-refractivity contribution in [2.24, 2.45) is 0 Å². The number of benzene rings is 1. The van der Waals surface area contributed by atoms with E-state index < -0.39 is 0 Å². The third kappa shape index (κ3) is 2.78. The smallest absolute Gasteiger partial charge is 0.171 e. The minimum absolute atomic E-state index is 0.666. The summed E-state index contributed by atoms with van der Waals surface area (Å²) in [7, 11) is 3.26. The largest absolute Gasteiger partial charge is 0.493 e. The zero-order valence-corrected chi connectivity index (χ0v) is 14.9. The van der Waals surface area contributed by atoms with Crippen LogP contribution in [0.15, 0.2) is 12.1 Å². The number of hydrogen-bond donors (Lipinski definition) is 0. The van der Waals surface area contributed by atoms with Gasteiger partial charge in [0, 0.05) is 11.5 Å². The Balaban J connectivity index is 1.84. The molecular weight excluding hydrogens is 318 g/mol. The van der Waals surface area contributed by atoms with E-state index in [0.29, 0.717) is 11.5 Å². The van der Waals surface area contributed by atoms with E-state index in [4.69, 9.17) is 14.5 Å². The molecule has 1 aliphatic rings. The molecule has 7 heteroatoms. The number of piperidine rings is 1. The van der Waals surface area contributed by atoms with E-state index in [1.807, 2.05) is 19.1 Å². The quantitative estimate of drug-likeness (QED) is 0.727. The Morgan fingerprint density at radius 2 is 1.72 bits per heavy atom. The number of methoxy groups -OCH3 is 2. The van der Waals surface area contributed by atoms with Crippen molar-refractivity contribution >= 4 is 16.6 Å². The molecule has 7 nitrogen and oxygen atoms in total. The summed E-state index contributed by atoms with van der Waals surface area (Å²) >= 11 is 0. The number of rotatable bonds is 4. The SMILES string of the molecule is COc1cc2nc(C)n3c(CN4CCCCC4)nnc3c2cc1OC. The molecule has 132 valence electrons. The summed E-state index contributed by atoms with van der Waals surface area (Å²) in [5.74, 6) is 3.16. The standard InChI is InChI=1S/C18H23N5O2/c1-12-19-14-10-16(25-3)15(24-2)9-13(14)18-21-20-17(23(12)18)11-22-7-5-4-6-8-22/h9-10H,4-8,11H2,1-3H3. The van der Waals surface area contributed by atoms with E-state index in [1.54, 1.807) is 14.2 Å². The maximum Gasteiger partial charge on any atom is 0.171 e. The van der Waals surface area contributed by atoms with Crippen LogP contribution in [-0.2, 0) is 6.54 Å². The Morgan fingerprint density at radius 3 is 2.44 bits per heavy atom. The lowest BCUT2D eigenvalue weighted by Gasteiger charge is -2.25. The van der Waals surface area contributed by atoms with Crippen LogP contribution in [-0.4, -0.2) is 51.8 Å². The number of likely N-dealkylation sites (tertiary alicyclic amines) is 1. The van der Waals surface area contributed by atoms with E-state index in [1.165, 1.54) is 19.3 Å². The molecule has 1 aliphatic heterocycles. The van der Waals surface area contributed by atoms with Gasteiger partial charge in [-0.1, -0.05) is 6.42 Å². The van der Waals surface area contributed by atoms with Gasteiger partial charge in [-0.15, -0.1) is 10.2 Å². The average molecular weight is 341 g/mol. The van der Waals surface area contributed by atoms with Gasteiger partial charge < -0.3 is 9.47 Å². The molecule has 0 bridgehead atoms. The number of aryl methyl sites for hydroxylation is 1. The molecule has 0 radical (unpaired) electrons. The van der Waals surface area contributed by atoms with Crippen molar-refractivity contribution in [1.29, 1.82) is 0 Å². The number of ether oxygens (including phenoxy) is 2. The molecule has 1 fully saturated rings. The molecule has 0 saturated carbocycles. The minimum atomic E-state index is 0.666. The molecule has 3 heterocycles. The number of aromatic nitrogens is 4. The predicted molar refractivity (Wildman–Crippen MR) is 95.3 cm³/mol. The topological polar surface area (TPSA) is 64.8 Å². The molecule has 3 aromatic rings. The Morgan fingerprint density at radius 1 is 1.00 bits per heavy atom. The Labute approximate surface area is 146 Å². The minimum Gasteiger partial charge on any atom is -0.493 e.